The van der Waals surface area contributed by atoms with Gasteiger partial charge >= 0.3 is 121 Å². The third-order valence-corrected chi connectivity index (χ3v) is 5.34. The van der Waals surface area contributed by atoms with E-state index in [0.29, 0.717) is 16.4 Å². The molecular weight excluding hydrogens is 817 g/mol. The molecule has 0 aromatic carbocycles. The first kappa shape index (κ1) is 50.5. The number of aromatic nitrogens is 5. The number of ketones is 1. The predicted molar refractivity (Wildman–Crippen MR) is 163 cm³/mol. The van der Waals surface area contributed by atoms with Gasteiger partial charge in [-0.1, -0.05) is 7.40 Å². The molecule has 0 bridgehead atoms. The van der Waals surface area contributed by atoms with Gasteiger partial charge < -0.3 is 25.8 Å². The first-order valence-electron chi connectivity index (χ1n) is 13.1. The number of Topliss-reactive ketones (excluding diaryl/α,β-unsaturated/α-hetero) is 1. The van der Waals surface area contributed by atoms with E-state index in [9.17, 15) is 28.4 Å². The number of esters is 2. The van der Waals surface area contributed by atoms with Crippen molar-refractivity contribution in [2.45, 2.75) is 54.0 Å². The molecule has 0 fully saturated rings. The van der Waals surface area contributed by atoms with Crippen molar-refractivity contribution in [1.82, 2.24) is 24.3 Å². The summed E-state index contributed by atoms with van der Waals surface area (Å²) >= 11 is 6.36. The SMILES string of the molecule is CCOC(=O)CC(=O)c1ncc(Br)n1NC(=O)OC(C)(C)C.CCOC(=O)c1c[nH]n2c(Br)cnc2c1=O.CF.O=CO[O-].[2H]C.[H-].[K+].[K+]. The molecule has 3 aromatic heterocycles. The van der Waals surface area contributed by atoms with Gasteiger partial charge in [-0.05, 0) is 66.5 Å². The van der Waals surface area contributed by atoms with Crippen LogP contribution in [-0.2, 0) is 28.7 Å². The summed E-state index contributed by atoms with van der Waals surface area (Å²) in [5.41, 5.74) is 1.33. The quantitative estimate of drug-likeness (QED) is 0.0338. The Bertz CT molecular complexity index is 1490. The van der Waals surface area contributed by atoms with Gasteiger partial charge in [0.2, 0.25) is 16.9 Å². The van der Waals surface area contributed by atoms with Crippen molar-refractivity contribution in [2.24, 2.45) is 0 Å². The number of hydrogen-bond acceptors (Lipinski definition) is 13. The second-order valence-electron chi connectivity index (χ2n) is 8.43. The zero-order chi connectivity index (χ0) is 36.0. The molecule has 17 nitrogen and oxygen atoms in total. The van der Waals surface area contributed by atoms with Crippen LogP contribution in [0.25, 0.3) is 5.65 Å². The average molecular weight is 854 g/mol. The molecule has 3 rings (SSSR count). The van der Waals surface area contributed by atoms with Gasteiger partial charge in [-0.25, -0.2) is 34.2 Å². The van der Waals surface area contributed by atoms with Crippen LogP contribution in [0.5, 0.6) is 0 Å². The Hall–Kier alpha value is -0.897. The second kappa shape index (κ2) is 27.9. The summed E-state index contributed by atoms with van der Waals surface area (Å²) in [6, 6.07) is 0. The summed E-state index contributed by atoms with van der Waals surface area (Å²) in [4.78, 5) is 77.4. The maximum Gasteiger partial charge on any atom is 1.00 e. The monoisotopic (exact) mass is 851 g/mol. The fourth-order valence-electron chi connectivity index (χ4n) is 2.74. The number of carbonyl (C=O) groups excluding carboxylic acids is 5. The molecule has 0 aliphatic carbocycles. The van der Waals surface area contributed by atoms with Crippen LogP contribution in [0.15, 0.2) is 32.6 Å². The molecule has 0 saturated carbocycles. The number of nitrogens with zero attached hydrogens (tertiary/aromatic N) is 4. The number of halogens is 3. The van der Waals surface area contributed by atoms with Crippen LogP contribution >= 0.6 is 31.9 Å². The van der Waals surface area contributed by atoms with Crippen LogP contribution in [0.2, 0.25) is 0 Å². The van der Waals surface area contributed by atoms with Crippen molar-refractivity contribution in [3.8, 4) is 0 Å². The van der Waals surface area contributed by atoms with Crippen LogP contribution in [0.4, 0.5) is 9.18 Å². The van der Waals surface area contributed by atoms with Crippen LogP contribution in [-0.4, -0.2) is 80.5 Å². The molecule has 0 aliphatic heterocycles. The molecule has 0 saturated heterocycles. The summed E-state index contributed by atoms with van der Waals surface area (Å²) in [5.74, 6) is -1.99. The minimum Gasteiger partial charge on any atom is -1.00 e. The number of nitrogens with one attached hydrogen (secondary N) is 2. The first-order valence-corrected chi connectivity index (χ1v) is 13.7. The van der Waals surface area contributed by atoms with E-state index < -0.39 is 41.3 Å². The third-order valence-electron chi connectivity index (χ3n) is 4.22. The van der Waals surface area contributed by atoms with E-state index in [1.165, 1.54) is 30.5 Å². The van der Waals surface area contributed by atoms with Crippen molar-refractivity contribution in [1.29, 1.82) is 0 Å². The molecule has 2 N–H and O–H groups in total. The van der Waals surface area contributed by atoms with Gasteiger partial charge in [0, 0.05) is 7.57 Å². The number of ether oxygens (including phenoxy) is 3. The summed E-state index contributed by atoms with van der Waals surface area (Å²) < 4.78 is 33.3. The van der Waals surface area contributed by atoms with Gasteiger partial charge in [0.15, 0.2) is 5.82 Å². The topological polar surface area (TPSA) is 225 Å². The summed E-state index contributed by atoms with van der Waals surface area (Å²) in [7, 11) is 1.75. The van der Waals surface area contributed by atoms with E-state index in [2.05, 4.69) is 57.2 Å². The van der Waals surface area contributed by atoms with Crippen LogP contribution < -0.4 is 119 Å². The molecule has 3 heterocycles. The smallest absolute Gasteiger partial charge is 1.00 e. The number of fused-ring (bicyclic) bond motifs is 1. The van der Waals surface area contributed by atoms with E-state index in [1.54, 1.807) is 34.6 Å². The molecule has 22 heteroatoms. The summed E-state index contributed by atoms with van der Waals surface area (Å²) in [5, 5.41) is 11.2. The van der Waals surface area contributed by atoms with Gasteiger partial charge in [-0.2, -0.15) is 0 Å². The molecule has 47 heavy (non-hydrogen) atoms. The van der Waals surface area contributed by atoms with Crippen molar-refractivity contribution in [3.05, 3.63) is 49.4 Å². The fourth-order valence-corrected chi connectivity index (χ4v) is 3.47. The number of H-pyrrole nitrogens is 1. The normalized spacial score (nSPS) is 9.47. The Morgan fingerprint density at radius 1 is 1.11 bits per heavy atom. The molecule has 3 aromatic rings. The molecule has 0 radical (unpaired) electrons. The van der Waals surface area contributed by atoms with Crippen molar-refractivity contribution >= 4 is 67.8 Å². The Labute approximate surface area is 374 Å². The molecular formula is C25H35Br2FK2N6O11. The van der Waals surface area contributed by atoms with E-state index in [1.807, 2.05) is 0 Å². The largest absolute Gasteiger partial charge is 1.00 e. The fraction of sp³-hybridized carbons (Fsp3) is 0.440. The minimum atomic E-state index is -0.753. The van der Waals surface area contributed by atoms with Crippen LogP contribution in [0.1, 0.15) is 72.2 Å². The zero-order valence-electron chi connectivity index (χ0n) is 29.3. The van der Waals surface area contributed by atoms with E-state index in [-0.39, 0.29) is 141 Å². The third kappa shape index (κ3) is 19.2. The Morgan fingerprint density at radius 2 is 1.64 bits per heavy atom. The van der Waals surface area contributed by atoms with Crippen molar-refractivity contribution < 1.29 is 158 Å². The standard InChI is InChI=1S/C13H18BrN3O5.C9H8BrN3O3.CH3F.CH2O3.CH4.2K.H/c1-5-21-10(19)6-8(18)11-15-7-9(14)17(11)16-12(20)22-13(2,3)4;1-2-16-9(15)5-3-12-13-6(10)4-11-8(13)7(5)14;1-2;2-1-4-3;;;;/h7H,5-6H2,1-4H3,(H,16,20);3-4,12H,2H2,1H3;1H3;1,3H;1H4;;;/q;;;;;2*+1;-1/p-1/i;;;;1D;;;. The molecule has 0 aliphatic rings. The van der Waals surface area contributed by atoms with E-state index >= 15 is 0 Å². The first-order chi connectivity index (χ1) is 21.7. The summed E-state index contributed by atoms with van der Waals surface area (Å²) in [6.07, 6.45) is 2.89. The number of amides is 1. The number of aromatic amines is 1. The minimum absolute atomic E-state index is 0. The average Bonchev–Trinajstić information content (AvgIpc) is 3.57. The summed E-state index contributed by atoms with van der Waals surface area (Å²) in [6.45, 7) is 8.68. The van der Waals surface area contributed by atoms with Crippen LogP contribution in [0.3, 0.4) is 0 Å². The second-order valence-corrected chi connectivity index (χ2v) is 10.1. The van der Waals surface area contributed by atoms with Crippen molar-refractivity contribution in [2.75, 3.05) is 25.8 Å². The number of carbonyl (C=O) groups is 5. The van der Waals surface area contributed by atoms with Gasteiger partial charge in [-0.3, -0.25) is 28.7 Å². The molecule has 0 unspecified atom stereocenters. The predicted octanol–water partition coefficient (Wildman–Crippen LogP) is -3.00. The van der Waals surface area contributed by atoms with Gasteiger partial charge in [0.1, 0.15) is 26.8 Å². The van der Waals surface area contributed by atoms with Crippen LogP contribution in [0, 0.1) is 0 Å². The Balaban J connectivity index is -0.000000211. The Kier molecular flexibility index (Phi) is 29.9. The van der Waals surface area contributed by atoms with Crippen molar-refractivity contribution in [3.63, 3.8) is 0 Å². The number of hydrogen-bond donors (Lipinski definition) is 2. The molecule has 254 valence electrons. The number of alkyl halides is 1. The van der Waals surface area contributed by atoms with Gasteiger partial charge in [0.25, 0.3) is 6.47 Å². The molecule has 1 amide bonds. The number of rotatable bonds is 8. The molecule has 0 spiro atoms. The van der Waals surface area contributed by atoms with E-state index in [0.717, 1.165) is 4.68 Å². The molecule has 0 atom stereocenters. The maximum absolute atomic E-state index is 12.0. The zero-order valence-corrected chi connectivity index (χ0v) is 36.8. The number of imidazole rings is 2. The van der Waals surface area contributed by atoms with Gasteiger partial charge in [-0.15, -0.1) is 0 Å². The van der Waals surface area contributed by atoms with Gasteiger partial charge in [0.05, 0.1) is 32.8 Å². The Morgan fingerprint density at radius 3 is 2.13 bits per heavy atom. The van der Waals surface area contributed by atoms with E-state index in [4.69, 9.17) is 25.6 Å². The maximum atomic E-state index is 12.0.